The lowest BCUT2D eigenvalue weighted by Gasteiger charge is -2.20. The van der Waals surface area contributed by atoms with Crippen molar-refractivity contribution in [2.75, 3.05) is 0 Å². The minimum atomic E-state index is -1.54. The molecule has 5 atom stereocenters. The van der Waals surface area contributed by atoms with Crippen molar-refractivity contribution >= 4 is 29.2 Å². The molecule has 0 aromatic carbocycles. The SMILES string of the molecule is CC(O)[C@H](NC(=O)N[C@@H](CC(N)=O)c1nnc([C@@H](N)C(C)O)s1)C(=O)O. The summed E-state index contributed by atoms with van der Waals surface area (Å²) in [4.78, 5) is 34.3. The van der Waals surface area contributed by atoms with Crippen LogP contribution in [0.2, 0.25) is 0 Å². The van der Waals surface area contributed by atoms with E-state index in [1.165, 1.54) is 13.8 Å². The average molecular weight is 390 g/mol. The number of amides is 3. The number of aromatic nitrogens is 2. The highest BCUT2D eigenvalue weighted by Crippen LogP contribution is 2.25. The second-order valence-electron chi connectivity index (χ2n) is 5.64. The lowest BCUT2D eigenvalue weighted by Crippen LogP contribution is -2.51. The average Bonchev–Trinajstić information content (AvgIpc) is 2.99. The molecular weight excluding hydrogens is 368 g/mol. The van der Waals surface area contributed by atoms with E-state index in [-0.39, 0.29) is 11.4 Å². The molecular formula is C13H22N6O6S. The lowest BCUT2D eigenvalue weighted by atomic mass is 10.2. The molecule has 3 amide bonds. The van der Waals surface area contributed by atoms with Gasteiger partial charge in [-0.2, -0.15) is 0 Å². The molecule has 1 rings (SSSR count). The summed E-state index contributed by atoms with van der Waals surface area (Å²) in [5.74, 6) is -2.17. The molecule has 1 aromatic rings. The molecule has 0 aliphatic heterocycles. The summed E-state index contributed by atoms with van der Waals surface area (Å²) < 4.78 is 0. The van der Waals surface area contributed by atoms with Gasteiger partial charge < -0.3 is 37.4 Å². The lowest BCUT2D eigenvalue weighted by molar-refractivity contribution is -0.141. The monoisotopic (exact) mass is 390 g/mol. The first-order valence-corrected chi connectivity index (χ1v) is 8.37. The van der Waals surface area contributed by atoms with Crippen molar-refractivity contribution in [1.82, 2.24) is 20.8 Å². The third-order valence-electron chi connectivity index (χ3n) is 3.30. The number of carbonyl (C=O) groups excluding carboxylic acids is 2. The highest BCUT2D eigenvalue weighted by atomic mass is 32.1. The van der Waals surface area contributed by atoms with Gasteiger partial charge >= 0.3 is 12.0 Å². The zero-order valence-corrected chi connectivity index (χ0v) is 14.9. The van der Waals surface area contributed by atoms with E-state index in [0.717, 1.165) is 11.3 Å². The van der Waals surface area contributed by atoms with Crippen LogP contribution in [-0.2, 0) is 9.59 Å². The molecule has 2 unspecified atom stereocenters. The van der Waals surface area contributed by atoms with Crippen LogP contribution in [-0.4, -0.2) is 61.7 Å². The van der Waals surface area contributed by atoms with Crippen LogP contribution in [0.15, 0.2) is 0 Å². The van der Waals surface area contributed by atoms with E-state index in [2.05, 4.69) is 20.8 Å². The normalized spacial score (nSPS) is 16.8. The third-order valence-corrected chi connectivity index (χ3v) is 4.44. The summed E-state index contributed by atoms with van der Waals surface area (Å²) in [7, 11) is 0. The molecule has 1 aromatic heterocycles. The Morgan fingerprint density at radius 3 is 2.15 bits per heavy atom. The Morgan fingerprint density at radius 1 is 1.12 bits per heavy atom. The van der Waals surface area contributed by atoms with Gasteiger partial charge in [-0.3, -0.25) is 4.79 Å². The molecule has 13 heteroatoms. The number of hydrogen-bond donors (Lipinski definition) is 7. The Bertz CT molecular complexity index is 651. The molecule has 1 heterocycles. The van der Waals surface area contributed by atoms with E-state index in [4.69, 9.17) is 16.6 Å². The number of rotatable bonds is 9. The van der Waals surface area contributed by atoms with Crippen LogP contribution in [0.5, 0.6) is 0 Å². The molecule has 9 N–H and O–H groups in total. The molecule has 0 saturated carbocycles. The Hall–Kier alpha value is -2.35. The maximum Gasteiger partial charge on any atom is 0.328 e. The summed E-state index contributed by atoms with van der Waals surface area (Å²) in [6, 6.07) is -4.27. The molecule has 0 aliphatic carbocycles. The zero-order valence-electron chi connectivity index (χ0n) is 14.1. The molecule has 0 saturated heterocycles. The fourth-order valence-corrected chi connectivity index (χ4v) is 2.85. The van der Waals surface area contributed by atoms with E-state index in [0.29, 0.717) is 5.01 Å². The number of urea groups is 1. The summed E-state index contributed by atoms with van der Waals surface area (Å²) in [6.07, 6.45) is -2.55. The predicted octanol–water partition coefficient (Wildman–Crippen LogP) is -2.03. The largest absolute Gasteiger partial charge is 0.480 e. The second-order valence-corrected chi connectivity index (χ2v) is 6.68. The van der Waals surface area contributed by atoms with Crippen molar-refractivity contribution in [1.29, 1.82) is 0 Å². The number of nitrogens with two attached hydrogens (primary N) is 2. The van der Waals surface area contributed by atoms with Crippen molar-refractivity contribution in [3.05, 3.63) is 10.0 Å². The summed E-state index contributed by atoms with van der Waals surface area (Å²) in [6.45, 7) is 2.68. The maximum absolute atomic E-state index is 12.0. The van der Waals surface area contributed by atoms with Crippen molar-refractivity contribution in [2.45, 2.75) is 50.6 Å². The Kier molecular flexibility index (Phi) is 7.82. The summed E-state index contributed by atoms with van der Waals surface area (Å²) >= 11 is 0.970. The van der Waals surface area contributed by atoms with Gasteiger partial charge in [0, 0.05) is 0 Å². The molecule has 0 fully saturated rings. The molecule has 0 aliphatic rings. The van der Waals surface area contributed by atoms with Crippen molar-refractivity contribution in [2.24, 2.45) is 11.5 Å². The molecule has 0 spiro atoms. The first-order chi connectivity index (χ1) is 12.0. The van der Waals surface area contributed by atoms with E-state index in [9.17, 15) is 24.6 Å². The fraction of sp³-hybridized carbons (Fsp3) is 0.615. The quantitative estimate of drug-likeness (QED) is 0.247. The van der Waals surface area contributed by atoms with Gasteiger partial charge in [0.15, 0.2) is 6.04 Å². The highest BCUT2D eigenvalue weighted by Gasteiger charge is 2.28. The van der Waals surface area contributed by atoms with Crippen molar-refractivity contribution in [3.63, 3.8) is 0 Å². The Labute approximate surface area is 152 Å². The van der Waals surface area contributed by atoms with E-state index < -0.39 is 48.2 Å². The number of carboxylic acids is 1. The second kappa shape index (κ2) is 9.38. The van der Waals surface area contributed by atoms with Gasteiger partial charge in [-0.05, 0) is 13.8 Å². The number of carbonyl (C=O) groups is 3. The topological polar surface area (TPSA) is 214 Å². The number of hydrogen-bond acceptors (Lipinski definition) is 9. The van der Waals surface area contributed by atoms with Crippen LogP contribution < -0.4 is 22.1 Å². The standard InChI is InChI=1S/C13H22N6O6S/c1-4(20)8(15)11-19-18-10(26-11)6(3-7(14)22)16-13(25)17-9(5(2)21)12(23)24/h4-6,8-9,20-21H,3,15H2,1-2H3,(H2,14,22)(H,23,24)(H2,16,17,25)/t4?,5?,6-,8-,9-/m0/s1. The van der Waals surface area contributed by atoms with Gasteiger partial charge in [0.2, 0.25) is 5.91 Å². The molecule has 26 heavy (non-hydrogen) atoms. The van der Waals surface area contributed by atoms with Crippen molar-refractivity contribution < 1.29 is 29.7 Å². The third kappa shape index (κ3) is 6.18. The van der Waals surface area contributed by atoms with E-state index >= 15 is 0 Å². The maximum atomic E-state index is 12.0. The number of nitrogens with zero attached hydrogens (tertiary/aromatic N) is 2. The first-order valence-electron chi connectivity index (χ1n) is 7.56. The highest BCUT2D eigenvalue weighted by molar-refractivity contribution is 7.11. The number of primary amides is 1. The molecule has 0 bridgehead atoms. The minimum absolute atomic E-state index is 0.203. The predicted molar refractivity (Wildman–Crippen MR) is 89.8 cm³/mol. The van der Waals surface area contributed by atoms with Crippen LogP contribution in [0.4, 0.5) is 4.79 Å². The molecule has 146 valence electrons. The molecule has 0 radical (unpaired) electrons. The minimum Gasteiger partial charge on any atom is -0.480 e. The zero-order chi connectivity index (χ0) is 20.0. The first kappa shape index (κ1) is 21.7. The number of aliphatic carboxylic acids is 1. The smallest absolute Gasteiger partial charge is 0.328 e. The van der Waals surface area contributed by atoms with Gasteiger partial charge in [-0.25, -0.2) is 9.59 Å². The Morgan fingerprint density at radius 2 is 1.69 bits per heavy atom. The number of carboxylic acid groups (broad SMARTS) is 1. The van der Waals surface area contributed by atoms with Crippen LogP contribution >= 0.6 is 11.3 Å². The van der Waals surface area contributed by atoms with Gasteiger partial charge in [-0.1, -0.05) is 11.3 Å². The van der Waals surface area contributed by atoms with Crippen LogP contribution in [0.1, 0.15) is 42.4 Å². The van der Waals surface area contributed by atoms with Gasteiger partial charge in [0.1, 0.15) is 10.0 Å². The molecule has 12 nitrogen and oxygen atoms in total. The van der Waals surface area contributed by atoms with Crippen molar-refractivity contribution in [3.8, 4) is 0 Å². The Balaban J connectivity index is 2.92. The number of nitrogens with one attached hydrogen (secondary N) is 2. The van der Waals surface area contributed by atoms with Crippen LogP contribution in [0, 0.1) is 0 Å². The fourth-order valence-electron chi connectivity index (χ4n) is 1.86. The van der Waals surface area contributed by atoms with Gasteiger partial charge in [0.25, 0.3) is 0 Å². The number of aliphatic hydroxyl groups excluding tert-OH is 2. The summed E-state index contributed by atoms with van der Waals surface area (Å²) in [5, 5.41) is 40.4. The summed E-state index contributed by atoms with van der Waals surface area (Å²) in [5.41, 5.74) is 10.9. The van der Waals surface area contributed by atoms with Crippen LogP contribution in [0.25, 0.3) is 0 Å². The van der Waals surface area contributed by atoms with E-state index in [1.807, 2.05) is 0 Å². The van der Waals surface area contributed by atoms with Crippen LogP contribution in [0.3, 0.4) is 0 Å². The van der Waals surface area contributed by atoms with E-state index in [1.54, 1.807) is 0 Å². The number of aliphatic hydroxyl groups is 2. The van der Waals surface area contributed by atoms with Gasteiger partial charge in [0.05, 0.1) is 30.7 Å². The van der Waals surface area contributed by atoms with Gasteiger partial charge in [-0.15, -0.1) is 10.2 Å².